The van der Waals surface area contributed by atoms with E-state index >= 15 is 0 Å². The number of carbonyl (C=O) groups is 1. The maximum atomic E-state index is 13.1. The Bertz CT molecular complexity index is 1080. The van der Waals surface area contributed by atoms with E-state index in [1.807, 2.05) is 13.0 Å². The average Bonchev–Trinajstić information content (AvgIpc) is 3.59. The predicted molar refractivity (Wildman–Crippen MR) is 138 cm³/mol. The monoisotopic (exact) mass is 493 g/mol. The minimum absolute atomic E-state index is 0.274. The Morgan fingerprint density at radius 1 is 1.08 bits per heavy atom. The summed E-state index contributed by atoms with van der Waals surface area (Å²) >= 11 is 0. The Labute approximate surface area is 213 Å². The molecule has 6 rings (SSSR count). The van der Waals surface area contributed by atoms with Crippen molar-refractivity contribution in [2.24, 2.45) is 5.92 Å². The van der Waals surface area contributed by atoms with E-state index in [0.717, 1.165) is 86.7 Å². The van der Waals surface area contributed by atoms with Gasteiger partial charge in [0, 0.05) is 61.0 Å². The summed E-state index contributed by atoms with van der Waals surface area (Å²) in [6.45, 7) is 5.64. The van der Waals surface area contributed by atoms with Gasteiger partial charge in [-0.2, -0.15) is 10.1 Å². The van der Waals surface area contributed by atoms with Crippen LogP contribution in [0.25, 0.3) is 0 Å². The minimum atomic E-state index is 0.274. The number of rotatable bonds is 7. The predicted octanol–water partition coefficient (Wildman–Crippen LogP) is 4.58. The number of carbonyl (C=O) groups excluding carboxylic acids is 1. The van der Waals surface area contributed by atoms with Crippen LogP contribution in [0.5, 0.6) is 0 Å². The summed E-state index contributed by atoms with van der Waals surface area (Å²) in [6.07, 6.45) is 10.5. The lowest BCUT2D eigenvalue weighted by molar-refractivity contribution is -0.141. The summed E-state index contributed by atoms with van der Waals surface area (Å²) in [5.74, 6) is 3.64. The lowest BCUT2D eigenvalue weighted by atomic mass is 9.81. The molecule has 1 amide bonds. The van der Waals surface area contributed by atoms with Crippen molar-refractivity contribution in [1.82, 2.24) is 25.1 Å². The Morgan fingerprint density at radius 2 is 1.83 bits per heavy atom. The molecule has 3 N–H and O–H groups in total. The molecule has 3 saturated heterocycles. The molecule has 36 heavy (non-hydrogen) atoms. The molecule has 0 spiro atoms. The van der Waals surface area contributed by atoms with Crippen LogP contribution in [0.15, 0.2) is 6.07 Å². The molecule has 0 radical (unpaired) electrons. The zero-order chi connectivity index (χ0) is 24.6. The van der Waals surface area contributed by atoms with Crippen LogP contribution in [0, 0.1) is 19.8 Å². The Morgan fingerprint density at radius 3 is 2.50 bits per heavy atom. The van der Waals surface area contributed by atoms with Gasteiger partial charge in [0.15, 0.2) is 5.82 Å². The van der Waals surface area contributed by atoms with Crippen molar-refractivity contribution in [2.75, 3.05) is 23.8 Å². The van der Waals surface area contributed by atoms with Crippen LogP contribution in [-0.4, -0.2) is 62.3 Å². The number of nitrogens with zero attached hydrogens (tertiary/aromatic N) is 4. The van der Waals surface area contributed by atoms with E-state index in [9.17, 15) is 4.79 Å². The molecular weight excluding hydrogens is 454 g/mol. The number of hydrogen-bond acceptors (Lipinski definition) is 7. The standard InChI is InChI=1S/C27H39N7O2/c1-16-12-23(33-32-16)29-26-17(2)25(19-8-10-36-11-9-19)30-27(31-26)28-20-14-21-4-3-5-22(15-20)34(21)24(35)13-18-6-7-18/h12,18-22H,3-11,13-15H2,1-2H3,(H3,28,29,30,31,32,33). The topological polar surface area (TPSA) is 108 Å². The molecule has 2 aromatic heterocycles. The maximum Gasteiger partial charge on any atom is 0.225 e. The molecule has 9 heteroatoms. The Balaban J connectivity index is 1.23. The Hall–Kier alpha value is -2.68. The van der Waals surface area contributed by atoms with Crippen LogP contribution >= 0.6 is 0 Å². The number of H-pyrrole nitrogens is 1. The SMILES string of the molecule is Cc1cc(Nc2nc(NC3CC4CCCC(C3)N4C(=O)CC3CC3)nc(C3CCOCC3)c2C)n[nH]1. The second-order valence-corrected chi connectivity index (χ2v) is 11.4. The van der Waals surface area contributed by atoms with E-state index in [0.29, 0.717) is 35.8 Å². The number of anilines is 3. The van der Waals surface area contributed by atoms with Gasteiger partial charge >= 0.3 is 0 Å². The first kappa shape index (κ1) is 23.7. The van der Waals surface area contributed by atoms with Crippen LogP contribution in [0.1, 0.15) is 87.1 Å². The van der Waals surface area contributed by atoms with Gasteiger partial charge in [0.2, 0.25) is 11.9 Å². The van der Waals surface area contributed by atoms with Gasteiger partial charge in [0.25, 0.3) is 0 Å². The quantitative estimate of drug-likeness (QED) is 0.518. The third-order valence-electron chi connectivity index (χ3n) is 8.50. The number of aryl methyl sites for hydroxylation is 1. The summed E-state index contributed by atoms with van der Waals surface area (Å²) in [4.78, 5) is 25.3. The highest BCUT2D eigenvalue weighted by atomic mass is 16.5. The van der Waals surface area contributed by atoms with E-state index in [4.69, 9.17) is 14.7 Å². The first-order chi connectivity index (χ1) is 17.5. The number of fused-ring (bicyclic) bond motifs is 2. The number of aromatic nitrogens is 4. The lowest BCUT2D eigenvalue weighted by Gasteiger charge is -2.49. The van der Waals surface area contributed by atoms with Crippen LogP contribution in [0.4, 0.5) is 17.6 Å². The van der Waals surface area contributed by atoms with Gasteiger partial charge in [-0.3, -0.25) is 9.89 Å². The van der Waals surface area contributed by atoms with E-state index in [1.165, 1.54) is 19.3 Å². The minimum Gasteiger partial charge on any atom is -0.381 e. The van der Waals surface area contributed by atoms with Crippen molar-refractivity contribution in [3.05, 3.63) is 23.0 Å². The van der Waals surface area contributed by atoms with Crippen molar-refractivity contribution in [3.8, 4) is 0 Å². The van der Waals surface area contributed by atoms with Gasteiger partial charge in [0.1, 0.15) is 5.82 Å². The molecule has 1 saturated carbocycles. The normalized spacial score (nSPS) is 26.6. The van der Waals surface area contributed by atoms with Crippen LogP contribution < -0.4 is 10.6 Å². The first-order valence-corrected chi connectivity index (χ1v) is 13.9. The number of aromatic amines is 1. The average molecular weight is 494 g/mol. The smallest absolute Gasteiger partial charge is 0.225 e. The van der Waals surface area contributed by atoms with E-state index in [1.54, 1.807) is 0 Å². The third-order valence-corrected chi connectivity index (χ3v) is 8.50. The zero-order valence-electron chi connectivity index (χ0n) is 21.6. The molecule has 1 aliphatic carbocycles. The van der Waals surface area contributed by atoms with Crippen molar-refractivity contribution in [1.29, 1.82) is 0 Å². The number of amides is 1. The van der Waals surface area contributed by atoms with E-state index < -0.39 is 0 Å². The van der Waals surface area contributed by atoms with Gasteiger partial charge < -0.3 is 20.3 Å². The maximum absolute atomic E-state index is 13.1. The summed E-state index contributed by atoms with van der Waals surface area (Å²) in [6, 6.07) is 2.94. The molecule has 194 valence electrons. The number of piperidine rings is 2. The molecule has 5 heterocycles. The molecule has 2 unspecified atom stereocenters. The Kier molecular flexibility index (Phi) is 6.58. The molecule has 4 fully saturated rings. The number of hydrogen-bond donors (Lipinski definition) is 3. The second kappa shape index (κ2) is 10.00. The molecule has 9 nitrogen and oxygen atoms in total. The molecule has 2 bridgehead atoms. The summed E-state index contributed by atoms with van der Waals surface area (Å²) in [7, 11) is 0. The van der Waals surface area contributed by atoms with Crippen LogP contribution in [0.2, 0.25) is 0 Å². The van der Waals surface area contributed by atoms with Gasteiger partial charge in [-0.25, -0.2) is 4.98 Å². The van der Waals surface area contributed by atoms with E-state index in [-0.39, 0.29) is 6.04 Å². The van der Waals surface area contributed by atoms with Crippen molar-refractivity contribution in [3.63, 3.8) is 0 Å². The number of nitrogens with one attached hydrogen (secondary N) is 3. The highest BCUT2D eigenvalue weighted by Crippen LogP contribution is 2.39. The van der Waals surface area contributed by atoms with Crippen LogP contribution in [0.3, 0.4) is 0 Å². The van der Waals surface area contributed by atoms with Gasteiger partial charge in [-0.1, -0.05) is 0 Å². The third kappa shape index (κ3) is 5.08. The van der Waals surface area contributed by atoms with Crippen LogP contribution in [-0.2, 0) is 9.53 Å². The molecule has 3 aliphatic heterocycles. The highest BCUT2D eigenvalue weighted by Gasteiger charge is 2.42. The van der Waals surface area contributed by atoms with E-state index in [2.05, 4.69) is 32.7 Å². The zero-order valence-corrected chi connectivity index (χ0v) is 21.6. The summed E-state index contributed by atoms with van der Waals surface area (Å²) < 4.78 is 5.62. The molecule has 2 aromatic rings. The number of ether oxygens (including phenoxy) is 1. The molecule has 2 atom stereocenters. The lowest BCUT2D eigenvalue weighted by Crippen LogP contribution is -2.57. The fourth-order valence-electron chi connectivity index (χ4n) is 6.46. The summed E-state index contributed by atoms with van der Waals surface area (Å²) in [5.41, 5.74) is 3.18. The molecule has 4 aliphatic rings. The fraction of sp³-hybridized carbons (Fsp3) is 0.704. The second-order valence-electron chi connectivity index (χ2n) is 11.4. The van der Waals surface area contributed by atoms with Crippen molar-refractivity contribution in [2.45, 2.75) is 102 Å². The van der Waals surface area contributed by atoms with Crippen molar-refractivity contribution >= 4 is 23.5 Å². The highest BCUT2D eigenvalue weighted by molar-refractivity contribution is 5.77. The first-order valence-electron chi connectivity index (χ1n) is 13.9. The van der Waals surface area contributed by atoms with Crippen molar-refractivity contribution < 1.29 is 9.53 Å². The van der Waals surface area contributed by atoms with Gasteiger partial charge in [0.05, 0.1) is 5.69 Å². The summed E-state index contributed by atoms with van der Waals surface area (Å²) in [5, 5.41) is 14.5. The fourth-order valence-corrected chi connectivity index (χ4v) is 6.46. The molecule has 0 aromatic carbocycles. The molecular formula is C27H39N7O2. The largest absolute Gasteiger partial charge is 0.381 e. The van der Waals surface area contributed by atoms with Gasteiger partial charge in [-0.15, -0.1) is 0 Å². The van der Waals surface area contributed by atoms with Gasteiger partial charge in [-0.05, 0) is 77.6 Å².